The predicted molar refractivity (Wildman–Crippen MR) is 112 cm³/mol. The zero-order valence-electron chi connectivity index (χ0n) is 16.3. The van der Waals surface area contributed by atoms with Gasteiger partial charge in [-0.05, 0) is 18.1 Å². The van der Waals surface area contributed by atoms with Gasteiger partial charge in [-0.1, -0.05) is 42.1 Å². The van der Waals surface area contributed by atoms with E-state index < -0.39 is 28.5 Å². The molecule has 0 atom stereocenters. The van der Waals surface area contributed by atoms with Crippen molar-refractivity contribution >= 4 is 45.7 Å². The number of ether oxygens (including phenoxy) is 2. The van der Waals surface area contributed by atoms with Crippen LogP contribution in [0.4, 0.5) is 0 Å². The lowest BCUT2D eigenvalue weighted by molar-refractivity contribution is -0.142. The zero-order chi connectivity index (χ0) is 22.0. The quantitative estimate of drug-likeness (QED) is 0.317. The molecule has 1 saturated heterocycles. The molecule has 1 aromatic rings. The minimum atomic E-state index is -3.79. The van der Waals surface area contributed by atoms with E-state index in [9.17, 15) is 22.8 Å². The highest BCUT2D eigenvalue weighted by Crippen LogP contribution is 2.28. The van der Waals surface area contributed by atoms with Gasteiger partial charge in [-0.25, -0.2) is 17.9 Å². The van der Waals surface area contributed by atoms with E-state index in [0.717, 1.165) is 5.41 Å². The molecule has 0 radical (unpaired) electrons. The van der Waals surface area contributed by atoms with Crippen LogP contribution in [0.3, 0.4) is 0 Å². The Kier molecular flexibility index (Phi) is 9.09. The molecule has 11 heteroatoms. The minimum Gasteiger partial charge on any atom is -0.466 e. The lowest BCUT2D eigenvalue weighted by atomic mass is 10.2. The number of methoxy groups -OCH3 is 1. The minimum absolute atomic E-state index is 0.000364. The van der Waals surface area contributed by atoms with Crippen molar-refractivity contribution in [1.29, 1.82) is 0 Å². The summed E-state index contributed by atoms with van der Waals surface area (Å²) in [5.74, 6) is -1.23. The second kappa shape index (κ2) is 11.5. The molecule has 30 heavy (non-hydrogen) atoms. The first-order valence-electron chi connectivity index (χ1n) is 8.92. The van der Waals surface area contributed by atoms with Crippen molar-refractivity contribution in [3.63, 3.8) is 0 Å². The molecule has 0 aliphatic carbocycles. The van der Waals surface area contributed by atoms with E-state index in [1.54, 1.807) is 24.3 Å². The summed E-state index contributed by atoms with van der Waals surface area (Å²) in [5.41, 5.74) is 0.709. The van der Waals surface area contributed by atoms with Gasteiger partial charge in [-0.15, -0.1) is 0 Å². The summed E-state index contributed by atoms with van der Waals surface area (Å²) in [7, 11) is -2.54. The van der Waals surface area contributed by atoms with Crippen LogP contribution in [-0.2, 0) is 33.9 Å². The Labute approximate surface area is 179 Å². The van der Waals surface area contributed by atoms with Crippen molar-refractivity contribution in [2.75, 3.05) is 32.6 Å². The molecule has 2 rings (SSSR count). The zero-order valence-corrected chi connectivity index (χ0v) is 17.9. The van der Waals surface area contributed by atoms with Gasteiger partial charge >= 0.3 is 11.9 Å². The fourth-order valence-corrected chi connectivity index (χ4v) is 4.04. The van der Waals surface area contributed by atoms with Crippen molar-refractivity contribution in [2.24, 2.45) is 0 Å². The summed E-state index contributed by atoms with van der Waals surface area (Å²) in [6.07, 6.45) is 2.98. The molecule has 9 nitrogen and oxygen atoms in total. The van der Waals surface area contributed by atoms with Gasteiger partial charge in [-0.2, -0.15) is 0 Å². The lowest BCUT2D eigenvalue weighted by Crippen LogP contribution is -2.30. The molecule has 0 unspecified atom stereocenters. The first kappa shape index (κ1) is 23.6. The highest BCUT2D eigenvalue weighted by atomic mass is 32.2. The number of rotatable bonds is 10. The van der Waals surface area contributed by atoms with E-state index in [2.05, 4.69) is 9.46 Å². The number of hydrogen-bond donors (Lipinski definition) is 1. The molecule has 0 spiro atoms. The number of esters is 2. The predicted octanol–water partition coefficient (Wildman–Crippen LogP) is 1.10. The van der Waals surface area contributed by atoms with E-state index >= 15 is 0 Å². The number of hydrogen-bond acceptors (Lipinski definition) is 8. The van der Waals surface area contributed by atoms with Crippen LogP contribution in [0.15, 0.2) is 46.8 Å². The third kappa shape index (κ3) is 8.01. The molecule has 1 aromatic carbocycles. The van der Waals surface area contributed by atoms with Crippen LogP contribution in [0.1, 0.15) is 12.0 Å². The molecule has 0 aromatic heterocycles. The summed E-state index contributed by atoms with van der Waals surface area (Å²) in [5, 5.41) is 1.46. The molecule has 1 aliphatic heterocycles. The van der Waals surface area contributed by atoms with Crippen molar-refractivity contribution in [3.8, 4) is 0 Å². The van der Waals surface area contributed by atoms with Crippen molar-refractivity contribution in [1.82, 2.24) is 9.62 Å². The maximum absolute atomic E-state index is 11.9. The van der Waals surface area contributed by atoms with Crippen molar-refractivity contribution in [2.45, 2.75) is 6.42 Å². The Bertz CT molecular complexity index is 927. The fourth-order valence-electron chi connectivity index (χ4n) is 2.33. The summed E-state index contributed by atoms with van der Waals surface area (Å²) in [4.78, 5) is 36.4. The number of carbonyl (C=O) groups excluding carboxylic acids is 3. The summed E-state index contributed by atoms with van der Waals surface area (Å²) < 4.78 is 35.5. The average Bonchev–Trinajstić information content (AvgIpc) is 3.08. The van der Waals surface area contributed by atoms with Gasteiger partial charge in [0.05, 0.1) is 30.6 Å². The van der Waals surface area contributed by atoms with Crippen LogP contribution >= 0.6 is 11.8 Å². The van der Waals surface area contributed by atoms with Crippen LogP contribution in [0.2, 0.25) is 0 Å². The molecule has 162 valence electrons. The molecule has 1 amide bonds. The number of nitrogens with one attached hydrogen (secondary N) is 1. The van der Waals surface area contributed by atoms with Crippen molar-refractivity contribution in [3.05, 3.63) is 52.4 Å². The van der Waals surface area contributed by atoms with Gasteiger partial charge < -0.3 is 14.4 Å². The topological polar surface area (TPSA) is 119 Å². The van der Waals surface area contributed by atoms with Crippen LogP contribution < -0.4 is 4.72 Å². The number of thioether (sulfide) groups is 1. The number of sulfonamides is 1. The average molecular weight is 455 g/mol. The van der Waals surface area contributed by atoms with Crippen LogP contribution in [-0.4, -0.2) is 63.7 Å². The van der Waals surface area contributed by atoms with Gasteiger partial charge in [0.15, 0.2) is 0 Å². The number of nitrogens with zero attached hydrogens (tertiary/aromatic N) is 1. The summed E-state index contributed by atoms with van der Waals surface area (Å²) >= 11 is 1.23. The number of carbonyl (C=O) groups is 3. The third-order valence-corrected chi connectivity index (χ3v) is 5.87. The largest absolute Gasteiger partial charge is 0.466 e. The summed E-state index contributed by atoms with van der Waals surface area (Å²) in [6.45, 7) is -0.249. The first-order chi connectivity index (χ1) is 14.3. The number of benzene rings is 1. The maximum Gasteiger partial charge on any atom is 0.333 e. The van der Waals surface area contributed by atoms with E-state index in [0.29, 0.717) is 17.0 Å². The van der Waals surface area contributed by atoms with E-state index in [-0.39, 0.29) is 24.8 Å². The highest BCUT2D eigenvalue weighted by Gasteiger charge is 2.27. The fraction of sp³-hybridized carbons (Fsp3) is 0.316. The lowest BCUT2D eigenvalue weighted by Gasteiger charge is -2.16. The normalized spacial score (nSPS) is 15.7. The van der Waals surface area contributed by atoms with Gasteiger partial charge in [0.2, 0.25) is 15.9 Å². The monoisotopic (exact) mass is 454 g/mol. The van der Waals surface area contributed by atoms with Crippen LogP contribution in [0.25, 0.3) is 6.08 Å². The molecule has 0 saturated carbocycles. The van der Waals surface area contributed by atoms with Crippen LogP contribution in [0, 0.1) is 0 Å². The van der Waals surface area contributed by atoms with Gasteiger partial charge in [0, 0.05) is 12.0 Å². The Balaban J connectivity index is 1.72. The Morgan fingerprint density at radius 2 is 2.00 bits per heavy atom. The van der Waals surface area contributed by atoms with E-state index in [4.69, 9.17) is 4.74 Å². The molecular weight excluding hydrogens is 432 g/mol. The molecule has 1 aliphatic rings. The Morgan fingerprint density at radius 3 is 2.70 bits per heavy atom. The molecule has 1 heterocycles. The van der Waals surface area contributed by atoms with Crippen molar-refractivity contribution < 1.29 is 32.3 Å². The van der Waals surface area contributed by atoms with E-state index in [1.807, 2.05) is 6.07 Å². The second-order valence-electron chi connectivity index (χ2n) is 5.99. The van der Waals surface area contributed by atoms with Gasteiger partial charge in [0.25, 0.3) is 0 Å². The third-order valence-electron chi connectivity index (χ3n) is 3.80. The first-order valence-corrected chi connectivity index (χ1v) is 11.4. The SMILES string of the molecule is COC(=O)/C=C1/SCC(=O)N1CCCOC(=O)CNS(=O)(=O)/C=C/c1ccccc1. The molecule has 1 N–H and O–H groups in total. The Hall–Kier alpha value is -2.63. The summed E-state index contributed by atoms with van der Waals surface area (Å²) in [6, 6.07) is 8.86. The number of amides is 1. The second-order valence-corrected chi connectivity index (χ2v) is 8.64. The standard InChI is InChI=1S/C19H22N2O7S2/c1-27-18(23)12-17-21(16(22)14-29-17)9-5-10-28-19(24)13-20-30(25,26)11-8-15-6-3-2-4-7-15/h2-4,6-8,11-12,20H,5,9-10,13-14H2,1H3/b11-8+,17-12+. The molecular formula is C19H22N2O7S2. The Morgan fingerprint density at radius 1 is 1.27 bits per heavy atom. The van der Waals surface area contributed by atoms with Crippen LogP contribution in [0.5, 0.6) is 0 Å². The highest BCUT2D eigenvalue weighted by molar-refractivity contribution is 8.04. The molecule has 1 fully saturated rings. The smallest absolute Gasteiger partial charge is 0.333 e. The van der Waals surface area contributed by atoms with Gasteiger partial charge in [-0.3, -0.25) is 9.59 Å². The van der Waals surface area contributed by atoms with E-state index in [1.165, 1.54) is 35.9 Å². The maximum atomic E-state index is 11.9. The molecule has 0 bridgehead atoms. The van der Waals surface area contributed by atoms with Gasteiger partial charge in [0.1, 0.15) is 6.54 Å².